The number of fused-ring (bicyclic) bond motifs is 1. The Labute approximate surface area is 121 Å². The first-order valence-electron chi connectivity index (χ1n) is 6.46. The average Bonchev–Trinajstić information content (AvgIpc) is 2.46. The molecule has 7 nitrogen and oxygen atoms in total. The van der Waals surface area contributed by atoms with Crippen LogP contribution in [-0.4, -0.2) is 41.4 Å². The fourth-order valence-electron chi connectivity index (χ4n) is 2.02. The third kappa shape index (κ3) is 3.25. The molecule has 0 saturated carbocycles. The van der Waals surface area contributed by atoms with E-state index >= 15 is 0 Å². The summed E-state index contributed by atoms with van der Waals surface area (Å²) >= 11 is 0. The molecule has 0 saturated heterocycles. The Kier molecular flexibility index (Phi) is 4.32. The first-order valence-corrected chi connectivity index (χ1v) is 6.46. The van der Waals surface area contributed by atoms with Crippen LogP contribution in [0.2, 0.25) is 0 Å². The van der Waals surface area contributed by atoms with Gasteiger partial charge in [0.25, 0.3) is 5.69 Å². The molecule has 0 aliphatic heterocycles. The SMILES string of the molecule is CN(C)C(=O)CCNc1ccc([N+](=O)[O-])c2cnccc12. The summed E-state index contributed by atoms with van der Waals surface area (Å²) in [5, 5.41) is 15.4. The number of hydrogen-bond donors (Lipinski definition) is 1. The van der Waals surface area contributed by atoms with Gasteiger partial charge in [-0.05, 0) is 12.1 Å². The number of non-ortho nitro benzene ring substituents is 1. The van der Waals surface area contributed by atoms with Crippen molar-refractivity contribution < 1.29 is 9.72 Å². The highest BCUT2D eigenvalue weighted by atomic mass is 16.6. The number of amides is 1. The molecule has 0 atom stereocenters. The summed E-state index contributed by atoms with van der Waals surface area (Å²) in [6.07, 6.45) is 3.42. The predicted molar refractivity (Wildman–Crippen MR) is 80.2 cm³/mol. The first-order chi connectivity index (χ1) is 10.0. The maximum atomic E-state index is 11.5. The highest BCUT2D eigenvalue weighted by Gasteiger charge is 2.14. The summed E-state index contributed by atoms with van der Waals surface area (Å²) in [4.78, 5) is 27.6. The van der Waals surface area contributed by atoms with E-state index in [4.69, 9.17) is 0 Å². The topological polar surface area (TPSA) is 88.4 Å². The lowest BCUT2D eigenvalue weighted by Crippen LogP contribution is -2.23. The highest BCUT2D eigenvalue weighted by Crippen LogP contribution is 2.30. The van der Waals surface area contributed by atoms with Gasteiger partial charge in [0.05, 0.1) is 10.3 Å². The minimum atomic E-state index is -0.427. The van der Waals surface area contributed by atoms with E-state index in [1.54, 1.807) is 32.4 Å². The van der Waals surface area contributed by atoms with E-state index in [0.717, 1.165) is 11.1 Å². The standard InChI is InChI=1S/C14H16N4O3/c1-17(2)14(19)6-8-16-12-3-4-13(18(20)21)11-9-15-7-5-10(11)12/h3-5,7,9,16H,6,8H2,1-2H3. The van der Waals surface area contributed by atoms with E-state index in [1.807, 2.05) is 0 Å². The molecule has 2 aromatic rings. The van der Waals surface area contributed by atoms with Gasteiger partial charge in [0, 0.05) is 56.6 Å². The van der Waals surface area contributed by atoms with Crippen LogP contribution in [0.3, 0.4) is 0 Å². The van der Waals surface area contributed by atoms with Gasteiger partial charge in [0.15, 0.2) is 0 Å². The molecule has 0 radical (unpaired) electrons. The Hall–Kier alpha value is -2.70. The number of pyridine rings is 1. The van der Waals surface area contributed by atoms with Crippen LogP contribution < -0.4 is 5.32 Å². The first kappa shape index (κ1) is 14.7. The van der Waals surface area contributed by atoms with Crippen LogP contribution in [0.1, 0.15) is 6.42 Å². The zero-order valence-corrected chi connectivity index (χ0v) is 11.9. The molecule has 0 fully saturated rings. The number of hydrogen-bond acceptors (Lipinski definition) is 5. The Balaban J connectivity index is 2.23. The number of nitrogens with zero attached hydrogens (tertiary/aromatic N) is 3. The molecule has 1 amide bonds. The number of carbonyl (C=O) groups is 1. The van der Waals surface area contributed by atoms with Gasteiger partial charge >= 0.3 is 0 Å². The molecule has 0 aliphatic carbocycles. The number of benzene rings is 1. The van der Waals surface area contributed by atoms with Crippen molar-refractivity contribution in [3.63, 3.8) is 0 Å². The van der Waals surface area contributed by atoms with E-state index < -0.39 is 4.92 Å². The lowest BCUT2D eigenvalue weighted by molar-refractivity contribution is -0.383. The van der Waals surface area contributed by atoms with E-state index in [2.05, 4.69) is 10.3 Å². The molecular formula is C14H16N4O3. The molecule has 0 unspecified atom stereocenters. The lowest BCUT2D eigenvalue weighted by Gasteiger charge is -2.12. The highest BCUT2D eigenvalue weighted by molar-refractivity contribution is 5.99. The quantitative estimate of drug-likeness (QED) is 0.671. The number of anilines is 1. The average molecular weight is 288 g/mol. The molecular weight excluding hydrogens is 272 g/mol. The van der Waals surface area contributed by atoms with Crippen LogP contribution >= 0.6 is 0 Å². The molecule has 1 N–H and O–H groups in total. The van der Waals surface area contributed by atoms with Crippen molar-refractivity contribution in [2.75, 3.05) is 26.0 Å². The molecule has 1 heterocycles. The number of nitrogens with one attached hydrogen (secondary N) is 1. The number of nitro groups is 1. The second kappa shape index (κ2) is 6.17. The van der Waals surface area contributed by atoms with Crippen molar-refractivity contribution >= 4 is 28.1 Å². The number of carbonyl (C=O) groups excluding carboxylic acids is 1. The maximum absolute atomic E-state index is 11.5. The molecule has 7 heteroatoms. The van der Waals surface area contributed by atoms with Crippen LogP contribution in [-0.2, 0) is 4.79 Å². The van der Waals surface area contributed by atoms with Crippen molar-refractivity contribution in [1.29, 1.82) is 0 Å². The molecule has 0 aliphatic rings. The Morgan fingerprint density at radius 3 is 2.76 bits per heavy atom. The van der Waals surface area contributed by atoms with Gasteiger partial charge in [-0.15, -0.1) is 0 Å². The van der Waals surface area contributed by atoms with Crippen LogP contribution in [0.4, 0.5) is 11.4 Å². The Morgan fingerprint density at radius 1 is 1.33 bits per heavy atom. The van der Waals surface area contributed by atoms with Crippen LogP contribution in [0.25, 0.3) is 10.8 Å². The smallest absolute Gasteiger partial charge is 0.278 e. The summed E-state index contributed by atoms with van der Waals surface area (Å²) < 4.78 is 0. The third-order valence-corrected chi connectivity index (χ3v) is 3.14. The zero-order valence-electron chi connectivity index (χ0n) is 11.9. The van der Waals surface area contributed by atoms with Gasteiger partial charge in [0.1, 0.15) is 0 Å². The molecule has 0 spiro atoms. The molecule has 0 bridgehead atoms. The number of aromatic nitrogens is 1. The van der Waals surface area contributed by atoms with Gasteiger partial charge in [-0.25, -0.2) is 0 Å². The molecule has 21 heavy (non-hydrogen) atoms. The van der Waals surface area contributed by atoms with Crippen LogP contribution in [0.15, 0.2) is 30.6 Å². The minimum Gasteiger partial charge on any atom is -0.384 e. The second-order valence-corrected chi connectivity index (χ2v) is 4.78. The summed E-state index contributed by atoms with van der Waals surface area (Å²) in [5.41, 5.74) is 0.776. The molecule has 1 aromatic heterocycles. The summed E-state index contributed by atoms with van der Waals surface area (Å²) in [6.45, 7) is 0.465. The molecule has 2 rings (SSSR count). The Morgan fingerprint density at radius 2 is 2.10 bits per heavy atom. The van der Waals surface area contributed by atoms with Gasteiger partial charge in [-0.3, -0.25) is 19.9 Å². The second-order valence-electron chi connectivity index (χ2n) is 4.78. The van der Waals surface area contributed by atoms with Gasteiger partial charge in [0.2, 0.25) is 5.91 Å². The lowest BCUT2D eigenvalue weighted by atomic mass is 10.1. The summed E-state index contributed by atoms with van der Waals surface area (Å²) in [5.74, 6) is 0.0235. The molecule has 110 valence electrons. The van der Waals surface area contributed by atoms with E-state index in [9.17, 15) is 14.9 Å². The van der Waals surface area contributed by atoms with E-state index in [0.29, 0.717) is 18.4 Å². The Bertz CT molecular complexity index is 685. The van der Waals surface area contributed by atoms with Crippen molar-refractivity contribution in [3.8, 4) is 0 Å². The van der Waals surface area contributed by atoms with Crippen molar-refractivity contribution in [3.05, 3.63) is 40.7 Å². The normalized spacial score (nSPS) is 10.4. The number of nitro benzene ring substituents is 1. The number of rotatable bonds is 5. The van der Waals surface area contributed by atoms with Crippen molar-refractivity contribution in [1.82, 2.24) is 9.88 Å². The van der Waals surface area contributed by atoms with Crippen molar-refractivity contribution in [2.45, 2.75) is 6.42 Å². The summed E-state index contributed by atoms with van der Waals surface area (Å²) in [6, 6.07) is 4.82. The summed E-state index contributed by atoms with van der Waals surface area (Å²) in [7, 11) is 3.41. The third-order valence-electron chi connectivity index (χ3n) is 3.14. The van der Waals surface area contributed by atoms with Crippen molar-refractivity contribution in [2.24, 2.45) is 0 Å². The van der Waals surface area contributed by atoms with E-state index in [1.165, 1.54) is 17.2 Å². The van der Waals surface area contributed by atoms with Crippen LogP contribution in [0.5, 0.6) is 0 Å². The largest absolute Gasteiger partial charge is 0.384 e. The molecule has 1 aromatic carbocycles. The fraction of sp³-hybridized carbons (Fsp3) is 0.286. The van der Waals surface area contributed by atoms with E-state index in [-0.39, 0.29) is 11.6 Å². The van der Waals surface area contributed by atoms with Gasteiger partial charge in [-0.2, -0.15) is 0 Å². The fourth-order valence-corrected chi connectivity index (χ4v) is 2.02. The monoisotopic (exact) mass is 288 g/mol. The van der Waals surface area contributed by atoms with Gasteiger partial charge in [-0.1, -0.05) is 0 Å². The van der Waals surface area contributed by atoms with Crippen LogP contribution in [0, 0.1) is 10.1 Å². The van der Waals surface area contributed by atoms with Gasteiger partial charge < -0.3 is 10.2 Å². The minimum absolute atomic E-state index is 0.0213. The maximum Gasteiger partial charge on any atom is 0.278 e. The predicted octanol–water partition coefficient (Wildman–Crippen LogP) is 2.03. The zero-order chi connectivity index (χ0) is 15.4.